The zero-order valence-corrected chi connectivity index (χ0v) is 19.6. The summed E-state index contributed by atoms with van der Waals surface area (Å²) in [6.45, 7) is 2.23. The van der Waals surface area contributed by atoms with Crippen molar-refractivity contribution in [1.29, 1.82) is 0 Å². The number of benzene rings is 1. The van der Waals surface area contributed by atoms with Crippen LogP contribution in [0.5, 0.6) is 0 Å². The van der Waals surface area contributed by atoms with Crippen molar-refractivity contribution in [1.82, 2.24) is 25.1 Å². The fourth-order valence-corrected chi connectivity index (χ4v) is 5.40. The third kappa shape index (κ3) is 3.93. The van der Waals surface area contributed by atoms with Gasteiger partial charge in [-0.1, -0.05) is 0 Å². The number of imide groups is 1. The Kier molecular flexibility index (Phi) is 5.52. The lowest BCUT2D eigenvalue weighted by atomic mass is 10.0. The Bertz CT molecular complexity index is 1410. The molecule has 2 fully saturated rings. The van der Waals surface area contributed by atoms with Crippen molar-refractivity contribution in [3.05, 3.63) is 59.4 Å². The van der Waals surface area contributed by atoms with Crippen LogP contribution in [0.4, 0.5) is 5.69 Å². The molecule has 2 saturated heterocycles. The number of fused-ring (bicyclic) bond motifs is 2. The molecule has 184 valence electrons. The number of amides is 4. The van der Waals surface area contributed by atoms with Crippen molar-refractivity contribution in [3.63, 3.8) is 0 Å². The van der Waals surface area contributed by atoms with Gasteiger partial charge in [0.05, 0.1) is 5.56 Å². The predicted molar refractivity (Wildman–Crippen MR) is 131 cm³/mol. The number of aromatic nitrogens is 2. The Morgan fingerprint density at radius 2 is 1.89 bits per heavy atom. The van der Waals surface area contributed by atoms with E-state index in [1.807, 2.05) is 18.3 Å². The number of hydrogen-bond acceptors (Lipinski definition) is 6. The molecule has 1 aromatic carbocycles. The van der Waals surface area contributed by atoms with Gasteiger partial charge in [0, 0.05) is 48.0 Å². The molecule has 36 heavy (non-hydrogen) atoms. The standard InChI is InChI=1S/C26H26N6O4/c33-22-4-3-21(25(35)30-22)32-14-17-12-18(1-2-20(17)26(32)36)29-24(34)16-11-15-7-10-31(23(15)28-13-16)19-5-8-27-9-6-19/h1-2,7,10-13,19,21,27H,3-6,8-9,14H2,(H,29,34)(H,30,33,35). The SMILES string of the molecule is O=C1CCC(N2Cc3cc(NC(=O)c4cnc5c(ccn5C5CCNCC5)c4)ccc3C2=O)C(=O)N1. The highest BCUT2D eigenvalue weighted by atomic mass is 16.2. The summed E-state index contributed by atoms with van der Waals surface area (Å²) in [6, 6.07) is 8.68. The number of hydrogen-bond donors (Lipinski definition) is 3. The fourth-order valence-electron chi connectivity index (χ4n) is 5.40. The van der Waals surface area contributed by atoms with Crippen LogP contribution >= 0.6 is 0 Å². The predicted octanol–water partition coefficient (Wildman–Crippen LogP) is 1.97. The molecule has 0 saturated carbocycles. The Hall–Kier alpha value is -4.05. The van der Waals surface area contributed by atoms with Gasteiger partial charge in [-0.3, -0.25) is 24.5 Å². The van der Waals surface area contributed by atoms with Crippen molar-refractivity contribution in [3.8, 4) is 0 Å². The van der Waals surface area contributed by atoms with Crippen LogP contribution in [0.25, 0.3) is 11.0 Å². The normalized spacial score (nSPS) is 20.5. The Labute approximate surface area is 207 Å². The van der Waals surface area contributed by atoms with Gasteiger partial charge in [-0.2, -0.15) is 0 Å². The van der Waals surface area contributed by atoms with Gasteiger partial charge in [-0.15, -0.1) is 0 Å². The summed E-state index contributed by atoms with van der Waals surface area (Å²) < 4.78 is 2.20. The number of pyridine rings is 1. The van der Waals surface area contributed by atoms with E-state index < -0.39 is 11.9 Å². The van der Waals surface area contributed by atoms with Crippen LogP contribution in [-0.4, -0.2) is 57.2 Å². The Balaban J connectivity index is 1.17. The average molecular weight is 487 g/mol. The van der Waals surface area contributed by atoms with Crippen LogP contribution < -0.4 is 16.0 Å². The maximum atomic E-state index is 13.0. The molecule has 0 radical (unpaired) electrons. The Morgan fingerprint density at radius 1 is 1.06 bits per heavy atom. The molecule has 10 nitrogen and oxygen atoms in total. The molecular weight excluding hydrogens is 460 g/mol. The van der Waals surface area contributed by atoms with Crippen LogP contribution in [-0.2, 0) is 16.1 Å². The number of carbonyl (C=O) groups excluding carboxylic acids is 4. The molecule has 1 atom stereocenters. The molecule has 4 amide bonds. The van der Waals surface area contributed by atoms with E-state index in [2.05, 4.69) is 25.5 Å². The topological polar surface area (TPSA) is 125 Å². The second-order valence-corrected chi connectivity index (χ2v) is 9.57. The first-order chi connectivity index (χ1) is 17.5. The van der Waals surface area contributed by atoms with E-state index >= 15 is 0 Å². The van der Waals surface area contributed by atoms with E-state index in [4.69, 9.17) is 0 Å². The molecule has 1 unspecified atom stereocenters. The molecule has 3 aromatic rings. The number of anilines is 1. The second kappa shape index (κ2) is 8.87. The zero-order chi connectivity index (χ0) is 24.8. The maximum Gasteiger partial charge on any atom is 0.257 e. The van der Waals surface area contributed by atoms with Gasteiger partial charge >= 0.3 is 0 Å². The van der Waals surface area contributed by atoms with E-state index in [0.29, 0.717) is 29.3 Å². The first kappa shape index (κ1) is 22.4. The number of piperidine rings is 2. The second-order valence-electron chi connectivity index (χ2n) is 9.57. The third-order valence-corrected chi connectivity index (χ3v) is 7.30. The Morgan fingerprint density at radius 3 is 2.69 bits per heavy atom. The highest BCUT2D eigenvalue weighted by Crippen LogP contribution is 2.30. The van der Waals surface area contributed by atoms with Crippen molar-refractivity contribution in [2.75, 3.05) is 18.4 Å². The van der Waals surface area contributed by atoms with Crippen LogP contribution in [0.15, 0.2) is 42.7 Å². The van der Waals surface area contributed by atoms with Crippen LogP contribution in [0.1, 0.15) is 58.0 Å². The van der Waals surface area contributed by atoms with Crippen molar-refractivity contribution < 1.29 is 19.2 Å². The summed E-state index contributed by atoms with van der Waals surface area (Å²) in [5, 5.41) is 9.49. The smallest absolute Gasteiger partial charge is 0.257 e. The van der Waals surface area contributed by atoms with Gasteiger partial charge < -0.3 is 20.1 Å². The maximum absolute atomic E-state index is 13.0. The van der Waals surface area contributed by atoms with Crippen LogP contribution in [0.3, 0.4) is 0 Å². The number of carbonyl (C=O) groups is 4. The molecule has 5 heterocycles. The molecular formula is C26H26N6O4. The molecule has 3 aliphatic rings. The molecule has 6 rings (SSSR count). The van der Waals surface area contributed by atoms with Gasteiger partial charge in [0.15, 0.2) is 0 Å². The summed E-state index contributed by atoms with van der Waals surface area (Å²) in [5.74, 6) is -1.30. The molecule has 0 aliphatic carbocycles. The minimum Gasteiger partial charge on any atom is -0.329 e. The molecule has 0 bridgehead atoms. The number of nitrogens with one attached hydrogen (secondary N) is 3. The van der Waals surface area contributed by atoms with Gasteiger partial charge in [0.25, 0.3) is 11.8 Å². The van der Waals surface area contributed by atoms with Gasteiger partial charge in [0.1, 0.15) is 11.7 Å². The molecule has 3 aliphatic heterocycles. The van der Waals surface area contributed by atoms with Crippen molar-refractivity contribution in [2.45, 2.75) is 44.3 Å². The first-order valence-electron chi connectivity index (χ1n) is 12.2. The first-order valence-corrected chi connectivity index (χ1v) is 12.2. The third-order valence-electron chi connectivity index (χ3n) is 7.30. The summed E-state index contributed by atoms with van der Waals surface area (Å²) in [5.41, 5.74) is 3.12. The van der Waals surface area contributed by atoms with E-state index in [0.717, 1.165) is 42.5 Å². The van der Waals surface area contributed by atoms with Crippen LogP contribution in [0, 0.1) is 0 Å². The monoisotopic (exact) mass is 486 g/mol. The minimum absolute atomic E-state index is 0.206. The lowest BCUT2D eigenvalue weighted by Gasteiger charge is -2.29. The summed E-state index contributed by atoms with van der Waals surface area (Å²) in [4.78, 5) is 55.7. The van der Waals surface area contributed by atoms with Crippen molar-refractivity contribution in [2.24, 2.45) is 0 Å². The van der Waals surface area contributed by atoms with E-state index in [9.17, 15) is 19.2 Å². The van der Waals surface area contributed by atoms with Gasteiger partial charge in [-0.05, 0) is 68.2 Å². The minimum atomic E-state index is -0.671. The molecule has 3 N–H and O–H groups in total. The van der Waals surface area contributed by atoms with Gasteiger partial charge in [-0.25, -0.2) is 4.98 Å². The number of nitrogens with zero attached hydrogens (tertiary/aromatic N) is 3. The molecule has 10 heteroatoms. The molecule has 2 aromatic heterocycles. The highest BCUT2D eigenvalue weighted by Gasteiger charge is 2.39. The quantitative estimate of drug-likeness (QED) is 0.484. The lowest BCUT2D eigenvalue weighted by Crippen LogP contribution is -2.52. The number of rotatable bonds is 4. The fraction of sp³-hybridized carbons (Fsp3) is 0.346. The summed E-state index contributed by atoms with van der Waals surface area (Å²) in [7, 11) is 0. The van der Waals surface area contributed by atoms with E-state index in [1.165, 1.54) is 4.90 Å². The average Bonchev–Trinajstić information content (AvgIpc) is 3.45. The zero-order valence-electron chi connectivity index (χ0n) is 19.6. The van der Waals surface area contributed by atoms with Gasteiger partial charge in [0.2, 0.25) is 11.8 Å². The van der Waals surface area contributed by atoms with E-state index in [-0.39, 0.29) is 30.7 Å². The highest BCUT2D eigenvalue weighted by molar-refractivity contribution is 6.07. The van der Waals surface area contributed by atoms with E-state index in [1.54, 1.807) is 24.4 Å². The largest absolute Gasteiger partial charge is 0.329 e. The van der Waals surface area contributed by atoms with Crippen LogP contribution in [0.2, 0.25) is 0 Å². The van der Waals surface area contributed by atoms with Crippen molar-refractivity contribution >= 4 is 40.3 Å². The molecule has 0 spiro atoms. The summed E-state index contributed by atoms with van der Waals surface area (Å²) >= 11 is 0. The lowest BCUT2D eigenvalue weighted by molar-refractivity contribution is -0.136. The summed E-state index contributed by atoms with van der Waals surface area (Å²) in [6.07, 6.45) is 6.25.